The molecule has 17 heavy (non-hydrogen) atoms. The van der Waals surface area contributed by atoms with Gasteiger partial charge < -0.3 is 0 Å². The summed E-state index contributed by atoms with van der Waals surface area (Å²) in [6, 6.07) is 12.2. The molecule has 0 nitrogen and oxygen atoms in total. The Morgan fingerprint density at radius 1 is 1.00 bits per heavy atom. The van der Waals surface area contributed by atoms with Crippen molar-refractivity contribution in [2.45, 2.75) is 5.38 Å². The van der Waals surface area contributed by atoms with Gasteiger partial charge in [-0.3, -0.25) is 0 Å². The minimum Gasteiger partial charge on any atom is -0.207 e. The summed E-state index contributed by atoms with van der Waals surface area (Å²) in [5.41, 5.74) is 1.32. The lowest BCUT2D eigenvalue weighted by Gasteiger charge is -2.13. The lowest BCUT2D eigenvalue weighted by atomic mass is 10.0. The van der Waals surface area contributed by atoms with E-state index in [4.69, 9.17) is 11.6 Å². The molecule has 88 valence electrons. The van der Waals surface area contributed by atoms with Crippen LogP contribution in [-0.4, -0.2) is 0 Å². The van der Waals surface area contributed by atoms with Crippen LogP contribution in [0.2, 0.25) is 0 Å². The van der Waals surface area contributed by atoms with E-state index in [-0.39, 0.29) is 5.82 Å². The Balaban J connectivity index is 2.47. The predicted molar refractivity (Wildman–Crippen MR) is 75.9 cm³/mol. The first-order valence-corrected chi connectivity index (χ1v) is 6.95. The zero-order valence-corrected chi connectivity index (χ0v) is 12.6. The number of benzene rings is 2. The molecular weight excluding hydrogens is 370 g/mol. The van der Waals surface area contributed by atoms with Crippen molar-refractivity contribution in [3.63, 3.8) is 0 Å². The van der Waals surface area contributed by atoms with E-state index in [2.05, 4.69) is 31.9 Å². The Hall–Kier alpha value is -0.380. The second kappa shape index (κ2) is 5.51. The summed E-state index contributed by atoms with van der Waals surface area (Å²) >= 11 is 13.1. The van der Waals surface area contributed by atoms with Crippen molar-refractivity contribution < 1.29 is 4.39 Å². The van der Waals surface area contributed by atoms with Crippen molar-refractivity contribution in [3.8, 4) is 0 Å². The van der Waals surface area contributed by atoms with E-state index in [9.17, 15) is 4.39 Å². The smallest absolute Gasteiger partial charge is 0.128 e. The van der Waals surface area contributed by atoms with Gasteiger partial charge in [0.05, 0.1) is 5.38 Å². The van der Waals surface area contributed by atoms with Gasteiger partial charge in [-0.1, -0.05) is 50.1 Å². The molecule has 2 rings (SSSR count). The molecule has 0 saturated carbocycles. The third-order valence-corrected chi connectivity index (χ3v) is 4.09. The fourth-order valence-corrected chi connectivity index (χ4v) is 2.90. The SMILES string of the molecule is Fc1ccccc1C(Cl)c1cc(Br)ccc1Br. The van der Waals surface area contributed by atoms with Gasteiger partial charge in [0.15, 0.2) is 0 Å². The van der Waals surface area contributed by atoms with Gasteiger partial charge in [0.2, 0.25) is 0 Å². The largest absolute Gasteiger partial charge is 0.207 e. The number of hydrogen-bond donors (Lipinski definition) is 0. The van der Waals surface area contributed by atoms with Crippen LogP contribution < -0.4 is 0 Å². The summed E-state index contributed by atoms with van der Waals surface area (Å²) in [7, 11) is 0. The highest BCUT2D eigenvalue weighted by molar-refractivity contribution is 9.11. The second-order valence-corrected chi connectivity index (χ2v) is 5.76. The minimum atomic E-state index is -0.511. The molecule has 2 aromatic carbocycles. The van der Waals surface area contributed by atoms with Crippen molar-refractivity contribution in [2.24, 2.45) is 0 Å². The fourth-order valence-electron chi connectivity index (χ4n) is 1.56. The van der Waals surface area contributed by atoms with Crippen molar-refractivity contribution in [1.29, 1.82) is 0 Å². The van der Waals surface area contributed by atoms with Gasteiger partial charge in [0.1, 0.15) is 5.82 Å². The van der Waals surface area contributed by atoms with E-state index in [0.29, 0.717) is 5.56 Å². The van der Waals surface area contributed by atoms with Crippen LogP contribution in [0.4, 0.5) is 4.39 Å². The first-order valence-electron chi connectivity index (χ1n) is 4.93. The summed E-state index contributed by atoms with van der Waals surface area (Å²) in [4.78, 5) is 0. The first-order chi connectivity index (χ1) is 8.09. The van der Waals surface area contributed by atoms with Crippen molar-refractivity contribution >= 4 is 43.5 Å². The molecule has 1 atom stereocenters. The quantitative estimate of drug-likeness (QED) is 0.590. The van der Waals surface area contributed by atoms with Crippen LogP contribution in [0.5, 0.6) is 0 Å². The van der Waals surface area contributed by atoms with E-state index in [1.807, 2.05) is 18.2 Å². The third-order valence-electron chi connectivity index (χ3n) is 2.41. The predicted octanol–water partition coefficient (Wildman–Crippen LogP) is 5.68. The van der Waals surface area contributed by atoms with Crippen LogP contribution in [0.15, 0.2) is 51.4 Å². The summed E-state index contributed by atoms with van der Waals surface area (Å²) in [6.07, 6.45) is 0. The van der Waals surface area contributed by atoms with Gasteiger partial charge in [-0.25, -0.2) is 4.39 Å². The number of alkyl halides is 1. The molecule has 0 bridgehead atoms. The maximum atomic E-state index is 13.6. The molecule has 0 heterocycles. The van der Waals surface area contributed by atoms with Crippen LogP contribution in [-0.2, 0) is 0 Å². The Labute approximate surface area is 121 Å². The first kappa shape index (κ1) is 13.1. The molecule has 0 aliphatic carbocycles. The topological polar surface area (TPSA) is 0 Å². The minimum absolute atomic E-state index is 0.292. The van der Waals surface area contributed by atoms with Crippen molar-refractivity contribution in [2.75, 3.05) is 0 Å². The molecule has 0 aliphatic rings. The van der Waals surface area contributed by atoms with E-state index >= 15 is 0 Å². The van der Waals surface area contributed by atoms with E-state index in [1.165, 1.54) is 6.07 Å². The van der Waals surface area contributed by atoms with Gasteiger partial charge in [0, 0.05) is 14.5 Å². The molecule has 0 radical (unpaired) electrons. The maximum absolute atomic E-state index is 13.6. The van der Waals surface area contributed by atoms with Crippen LogP contribution >= 0.6 is 43.5 Å². The normalized spacial score (nSPS) is 12.5. The second-order valence-electron chi connectivity index (χ2n) is 3.55. The summed E-state index contributed by atoms with van der Waals surface area (Å²) < 4.78 is 15.4. The van der Waals surface area contributed by atoms with Gasteiger partial charge in [-0.15, -0.1) is 11.6 Å². The Kier molecular flexibility index (Phi) is 4.23. The molecule has 0 aromatic heterocycles. The molecule has 0 fully saturated rings. The molecular formula is C13H8Br2ClF. The van der Waals surface area contributed by atoms with Gasteiger partial charge in [-0.2, -0.15) is 0 Å². The van der Waals surface area contributed by atoms with Gasteiger partial charge in [-0.05, 0) is 29.8 Å². The van der Waals surface area contributed by atoms with Gasteiger partial charge in [0.25, 0.3) is 0 Å². The summed E-state index contributed by atoms with van der Waals surface area (Å²) in [5.74, 6) is -0.292. The van der Waals surface area contributed by atoms with Crippen molar-refractivity contribution in [1.82, 2.24) is 0 Å². The van der Waals surface area contributed by atoms with Crippen LogP contribution in [0.1, 0.15) is 16.5 Å². The van der Waals surface area contributed by atoms with Crippen LogP contribution in [0.3, 0.4) is 0 Å². The zero-order chi connectivity index (χ0) is 12.4. The van der Waals surface area contributed by atoms with E-state index < -0.39 is 5.38 Å². The number of hydrogen-bond acceptors (Lipinski definition) is 0. The highest BCUT2D eigenvalue weighted by Crippen LogP contribution is 2.36. The molecule has 0 aliphatic heterocycles. The molecule has 4 heteroatoms. The average molecular weight is 378 g/mol. The average Bonchev–Trinajstić information content (AvgIpc) is 2.32. The van der Waals surface area contributed by atoms with E-state index in [1.54, 1.807) is 18.2 Å². The monoisotopic (exact) mass is 376 g/mol. The lowest BCUT2D eigenvalue weighted by Crippen LogP contribution is -1.97. The standard InChI is InChI=1S/C13H8Br2ClF/c14-8-5-6-11(15)10(7-8)13(16)9-3-1-2-4-12(9)17/h1-7,13H. The molecule has 0 N–H and O–H groups in total. The molecule has 1 unspecified atom stereocenters. The Morgan fingerprint density at radius 3 is 2.41 bits per heavy atom. The van der Waals surface area contributed by atoms with E-state index in [0.717, 1.165) is 14.5 Å². The molecule has 0 saturated heterocycles. The summed E-state index contributed by atoms with van der Waals surface area (Å²) in [5, 5.41) is -0.511. The van der Waals surface area contributed by atoms with Crippen molar-refractivity contribution in [3.05, 3.63) is 68.4 Å². The highest BCUT2D eigenvalue weighted by Gasteiger charge is 2.17. The van der Waals surface area contributed by atoms with Crippen LogP contribution in [0, 0.1) is 5.82 Å². The number of halogens is 4. The maximum Gasteiger partial charge on any atom is 0.128 e. The molecule has 0 amide bonds. The van der Waals surface area contributed by atoms with Gasteiger partial charge >= 0.3 is 0 Å². The number of rotatable bonds is 2. The lowest BCUT2D eigenvalue weighted by molar-refractivity contribution is 0.612. The summed E-state index contributed by atoms with van der Waals surface area (Å²) in [6.45, 7) is 0. The highest BCUT2D eigenvalue weighted by atomic mass is 79.9. The van der Waals surface area contributed by atoms with Crippen LogP contribution in [0.25, 0.3) is 0 Å². The Morgan fingerprint density at radius 2 is 1.71 bits per heavy atom. The molecule has 0 spiro atoms. The Bertz CT molecular complexity index is 543. The third kappa shape index (κ3) is 2.90. The zero-order valence-electron chi connectivity index (χ0n) is 8.63. The fraction of sp³-hybridized carbons (Fsp3) is 0.0769. The molecule has 2 aromatic rings.